The van der Waals surface area contributed by atoms with Crippen molar-refractivity contribution in [2.45, 2.75) is 18.6 Å². The van der Waals surface area contributed by atoms with Gasteiger partial charge in [0, 0.05) is 19.0 Å². The summed E-state index contributed by atoms with van der Waals surface area (Å²) in [5.41, 5.74) is -0.708. The molecule has 1 aliphatic heterocycles. The average Bonchev–Trinajstić information content (AvgIpc) is 2.80. The zero-order valence-electron chi connectivity index (χ0n) is 10.5. The van der Waals surface area contributed by atoms with Gasteiger partial charge in [0.2, 0.25) is 0 Å². The van der Waals surface area contributed by atoms with Gasteiger partial charge in [-0.15, -0.1) is 0 Å². The normalized spacial score (nSPS) is 21.3. The molecular weight excluding hydrogens is 306 g/mol. The molecule has 1 aromatic heterocycles. The highest BCUT2D eigenvalue weighted by Crippen LogP contribution is 2.25. The summed E-state index contributed by atoms with van der Waals surface area (Å²) in [6, 6.07) is -0.274. The molecule has 1 saturated heterocycles. The Bertz CT molecular complexity index is 622. The highest BCUT2D eigenvalue weighted by molar-refractivity contribution is 6.32. The highest BCUT2D eigenvalue weighted by Gasteiger charge is 2.40. The molecule has 10 heteroatoms. The van der Waals surface area contributed by atoms with Crippen molar-refractivity contribution in [3.05, 3.63) is 33.1 Å². The van der Waals surface area contributed by atoms with Gasteiger partial charge < -0.3 is 15.1 Å². The van der Waals surface area contributed by atoms with E-state index in [0.29, 0.717) is 0 Å². The molecule has 0 spiro atoms. The molecular formula is C11H10ClN3O6. The van der Waals surface area contributed by atoms with E-state index < -0.39 is 34.6 Å². The van der Waals surface area contributed by atoms with Crippen molar-refractivity contribution >= 4 is 29.2 Å². The van der Waals surface area contributed by atoms with Crippen LogP contribution in [-0.2, 0) is 4.79 Å². The first-order chi connectivity index (χ1) is 9.81. The van der Waals surface area contributed by atoms with Gasteiger partial charge in [-0.05, 0) is 0 Å². The monoisotopic (exact) mass is 315 g/mol. The van der Waals surface area contributed by atoms with E-state index in [1.165, 1.54) is 0 Å². The Morgan fingerprint density at radius 1 is 1.52 bits per heavy atom. The second-order valence-electron chi connectivity index (χ2n) is 4.49. The molecule has 0 bridgehead atoms. The summed E-state index contributed by atoms with van der Waals surface area (Å²) in [4.78, 5) is 37.8. The van der Waals surface area contributed by atoms with Gasteiger partial charge in [-0.1, -0.05) is 11.6 Å². The van der Waals surface area contributed by atoms with Crippen molar-refractivity contribution in [3.63, 3.8) is 0 Å². The maximum Gasteiger partial charge on any atom is 0.326 e. The number of hydrogen-bond acceptors (Lipinski definition) is 6. The minimum Gasteiger partial charge on any atom is -0.480 e. The number of aromatic nitrogens is 1. The van der Waals surface area contributed by atoms with Crippen molar-refractivity contribution < 1.29 is 24.7 Å². The van der Waals surface area contributed by atoms with E-state index in [4.69, 9.17) is 16.7 Å². The minimum absolute atomic E-state index is 0.110. The molecule has 1 unspecified atom stereocenters. The molecule has 112 valence electrons. The predicted octanol–water partition coefficient (Wildman–Crippen LogP) is 0.303. The number of carbonyl (C=O) groups is 2. The van der Waals surface area contributed by atoms with Crippen LogP contribution >= 0.6 is 11.6 Å². The Kier molecular flexibility index (Phi) is 4.05. The molecule has 0 radical (unpaired) electrons. The molecule has 2 heterocycles. The Morgan fingerprint density at radius 2 is 2.19 bits per heavy atom. The fraction of sp³-hybridized carbons (Fsp3) is 0.364. The van der Waals surface area contributed by atoms with Gasteiger partial charge in [-0.3, -0.25) is 14.9 Å². The van der Waals surface area contributed by atoms with Crippen molar-refractivity contribution in [3.8, 4) is 0 Å². The highest BCUT2D eigenvalue weighted by atomic mass is 35.5. The summed E-state index contributed by atoms with van der Waals surface area (Å²) in [7, 11) is 0. The van der Waals surface area contributed by atoms with E-state index in [-0.39, 0.29) is 23.7 Å². The van der Waals surface area contributed by atoms with Gasteiger partial charge in [-0.2, -0.15) is 0 Å². The molecule has 9 nitrogen and oxygen atoms in total. The molecule has 0 aromatic carbocycles. The molecule has 2 N–H and O–H groups in total. The topological polar surface area (TPSA) is 134 Å². The van der Waals surface area contributed by atoms with E-state index in [2.05, 4.69) is 4.98 Å². The lowest BCUT2D eigenvalue weighted by Gasteiger charge is -2.21. The van der Waals surface area contributed by atoms with Gasteiger partial charge in [0.25, 0.3) is 11.6 Å². The number of carboxylic acid groups (broad SMARTS) is 1. The first-order valence-corrected chi connectivity index (χ1v) is 6.21. The van der Waals surface area contributed by atoms with Crippen molar-refractivity contribution in [2.24, 2.45) is 0 Å². The first kappa shape index (κ1) is 15.1. The average molecular weight is 316 g/mol. The molecule has 1 aliphatic rings. The number of halogens is 1. The van der Waals surface area contributed by atoms with Gasteiger partial charge >= 0.3 is 5.97 Å². The molecule has 1 aromatic rings. The number of aliphatic carboxylic acids is 1. The number of aliphatic hydroxyl groups excluding tert-OH is 1. The Hall–Kier alpha value is -2.26. The summed E-state index contributed by atoms with van der Waals surface area (Å²) in [6.45, 7) is -0.186. The van der Waals surface area contributed by atoms with E-state index in [0.717, 1.165) is 17.2 Å². The lowest BCUT2D eigenvalue weighted by molar-refractivity contribution is -0.385. The van der Waals surface area contributed by atoms with Crippen LogP contribution in [0, 0.1) is 10.1 Å². The molecule has 0 saturated carbocycles. The fourth-order valence-corrected chi connectivity index (χ4v) is 2.30. The maximum absolute atomic E-state index is 12.3. The third-order valence-electron chi connectivity index (χ3n) is 3.09. The Labute approximate surface area is 122 Å². The van der Waals surface area contributed by atoms with E-state index in [1.807, 2.05) is 0 Å². The lowest BCUT2D eigenvalue weighted by atomic mass is 10.2. The van der Waals surface area contributed by atoms with Crippen LogP contribution in [-0.4, -0.2) is 55.6 Å². The molecule has 0 aliphatic carbocycles. The number of carboxylic acids is 1. The number of nitro groups is 1. The SMILES string of the molecule is O=C(O)[C@@H]1CC(O)CN1C(=O)c1cc([N+](=O)[O-])cnc1Cl. The number of nitrogens with zero attached hydrogens (tertiary/aromatic N) is 3. The van der Waals surface area contributed by atoms with Crippen LogP contribution in [0.15, 0.2) is 12.3 Å². The van der Waals surface area contributed by atoms with Crippen molar-refractivity contribution in [1.29, 1.82) is 0 Å². The van der Waals surface area contributed by atoms with Crippen LogP contribution in [0.25, 0.3) is 0 Å². The predicted molar refractivity (Wildman–Crippen MR) is 69.0 cm³/mol. The number of aliphatic hydroxyl groups is 1. The van der Waals surface area contributed by atoms with Crippen LogP contribution in [0.2, 0.25) is 5.15 Å². The van der Waals surface area contributed by atoms with Gasteiger partial charge in [0.1, 0.15) is 17.4 Å². The first-order valence-electron chi connectivity index (χ1n) is 5.83. The van der Waals surface area contributed by atoms with Crippen LogP contribution in [0.4, 0.5) is 5.69 Å². The molecule has 1 amide bonds. The van der Waals surface area contributed by atoms with Gasteiger partial charge in [0.15, 0.2) is 0 Å². The van der Waals surface area contributed by atoms with Crippen molar-refractivity contribution in [2.75, 3.05) is 6.54 Å². The number of pyridine rings is 1. The molecule has 2 atom stereocenters. The second-order valence-corrected chi connectivity index (χ2v) is 4.85. The van der Waals surface area contributed by atoms with Crippen LogP contribution < -0.4 is 0 Å². The quantitative estimate of drug-likeness (QED) is 0.465. The number of rotatable bonds is 3. The number of β-amino-alcohol motifs (C(OH)–C–C–N with tert-alkyl or cyclic N) is 1. The standard InChI is InChI=1S/C11H10ClN3O6/c12-9-7(1-5(3-13-9)15(20)21)10(17)14-4-6(16)2-8(14)11(18)19/h1,3,6,8,16H,2,4H2,(H,18,19)/t6?,8-/m0/s1. The molecule has 2 rings (SSSR count). The zero-order chi connectivity index (χ0) is 15.7. The smallest absolute Gasteiger partial charge is 0.326 e. The summed E-state index contributed by atoms with van der Waals surface area (Å²) < 4.78 is 0. The summed E-state index contributed by atoms with van der Waals surface area (Å²) >= 11 is 5.75. The van der Waals surface area contributed by atoms with E-state index in [1.54, 1.807) is 0 Å². The Morgan fingerprint density at radius 3 is 2.76 bits per heavy atom. The number of carbonyl (C=O) groups excluding carboxylic acids is 1. The van der Waals surface area contributed by atoms with E-state index in [9.17, 15) is 24.8 Å². The van der Waals surface area contributed by atoms with Crippen LogP contribution in [0.5, 0.6) is 0 Å². The van der Waals surface area contributed by atoms with E-state index >= 15 is 0 Å². The number of hydrogen-bond donors (Lipinski definition) is 2. The van der Waals surface area contributed by atoms with Crippen LogP contribution in [0.3, 0.4) is 0 Å². The van der Waals surface area contributed by atoms with Gasteiger partial charge in [0.05, 0.1) is 16.6 Å². The number of likely N-dealkylation sites (tertiary alicyclic amines) is 1. The lowest BCUT2D eigenvalue weighted by Crippen LogP contribution is -2.40. The summed E-state index contributed by atoms with van der Waals surface area (Å²) in [6.07, 6.45) is -0.186. The minimum atomic E-state index is -1.27. The van der Waals surface area contributed by atoms with Crippen molar-refractivity contribution in [1.82, 2.24) is 9.88 Å². The number of amides is 1. The van der Waals surface area contributed by atoms with Crippen LogP contribution in [0.1, 0.15) is 16.8 Å². The maximum atomic E-state index is 12.3. The third-order valence-corrected chi connectivity index (χ3v) is 3.39. The molecule has 21 heavy (non-hydrogen) atoms. The third kappa shape index (κ3) is 2.93. The zero-order valence-corrected chi connectivity index (χ0v) is 11.2. The van der Waals surface area contributed by atoms with Gasteiger partial charge in [-0.25, -0.2) is 9.78 Å². The fourth-order valence-electron chi connectivity index (χ4n) is 2.11. The Balaban J connectivity index is 2.37. The summed E-state index contributed by atoms with van der Waals surface area (Å²) in [5.74, 6) is -2.09. The molecule has 1 fully saturated rings. The largest absolute Gasteiger partial charge is 0.480 e. The summed E-state index contributed by atoms with van der Waals surface area (Å²) in [5, 5.41) is 29.0. The second kappa shape index (κ2) is 5.62.